The maximum atomic E-state index is 12.3. The van der Waals surface area contributed by atoms with Crippen molar-refractivity contribution in [1.82, 2.24) is 15.2 Å². The van der Waals surface area contributed by atoms with Gasteiger partial charge in [0.25, 0.3) is 11.5 Å². The van der Waals surface area contributed by atoms with Gasteiger partial charge in [-0.1, -0.05) is 44.2 Å². The number of hydrogen-bond donors (Lipinski definition) is 2. The van der Waals surface area contributed by atoms with Crippen LogP contribution >= 0.6 is 0 Å². The molecular formula is C19H25N3O2. The Bertz CT molecular complexity index is 693. The molecule has 0 aliphatic heterocycles. The van der Waals surface area contributed by atoms with Crippen molar-refractivity contribution in [2.24, 2.45) is 0 Å². The number of pyridine rings is 1. The summed E-state index contributed by atoms with van der Waals surface area (Å²) in [4.78, 5) is 28.8. The lowest BCUT2D eigenvalue weighted by molar-refractivity contribution is 0.0933. The van der Waals surface area contributed by atoms with Gasteiger partial charge >= 0.3 is 0 Å². The first-order valence-electron chi connectivity index (χ1n) is 8.39. The molecule has 0 aliphatic carbocycles. The van der Waals surface area contributed by atoms with Gasteiger partial charge in [-0.05, 0) is 37.2 Å². The molecule has 0 aliphatic rings. The zero-order valence-electron chi connectivity index (χ0n) is 14.3. The monoisotopic (exact) mass is 327 g/mol. The molecule has 1 heterocycles. The van der Waals surface area contributed by atoms with Crippen molar-refractivity contribution in [3.8, 4) is 0 Å². The first-order chi connectivity index (χ1) is 11.7. The molecule has 0 bridgehead atoms. The molecule has 1 aromatic carbocycles. The SMILES string of the molecule is CCN(CC)[C@@H](CNC(=O)c1ccc[nH]c1=O)Cc1ccccc1. The first-order valence-corrected chi connectivity index (χ1v) is 8.39. The van der Waals surface area contributed by atoms with E-state index in [0.717, 1.165) is 19.5 Å². The highest BCUT2D eigenvalue weighted by Gasteiger charge is 2.18. The van der Waals surface area contributed by atoms with Crippen molar-refractivity contribution in [1.29, 1.82) is 0 Å². The van der Waals surface area contributed by atoms with Crippen LogP contribution in [0.25, 0.3) is 0 Å². The number of carbonyl (C=O) groups is 1. The minimum atomic E-state index is -0.363. The van der Waals surface area contributed by atoms with Crippen LogP contribution in [-0.2, 0) is 6.42 Å². The third-order valence-corrected chi connectivity index (χ3v) is 4.20. The van der Waals surface area contributed by atoms with E-state index in [1.165, 1.54) is 17.8 Å². The van der Waals surface area contributed by atoms with Crippen LogP contribution in [0.2, 0.25) is 0 Å². The summed E-state index contributed by atoms with van der Waals surface area (Å²) in [5.41, 5.74) is 1.02. The van der Waals surface area contributed by atoms with Crippen LogP contribution < -0.4 is 10.9 Å². The van der Waals surface area contributed by atoms with Crippen LogP contribution in [0.15, 0.2) is 53.5 Å². The molecule has 5 heteroatoms. The Morgan fingerprint density at radius 3 is 2.46 bits per heavy atom. The highest BCUT2D eigenvalue weighted by molar-refractivity contribution is 5.93. The van der Waals surface area contributed by atoms with Crippen molar-refractivity contribution in [2.45, 2.75) is 26.3 Å². The first kappa shape index (κ1) is 17.9. The van der Waals surface area contributed by atoms with E-state index in [0.29, 0.717) is 6.54 Å². The van der Waals surface area contributed by atoms with Gasteiger partial charge in [-0.25, -0.2) is 0 Å². The zero-order valence-corrected chi connectivity index (χ0v) is 14.3. The van der Waals surface area contributed by atoms with E-state index in [2.05, 4.69) is 41.2 Å². The zero-order chi connectivity index (χ0) is 17.4. The van der Waals surface area contributed by atoms with Crippen LogP contribution in [0, 0.1) is 0 Å². The van der Waals surface area contributed by atoms with E-state index in [1.54, 1.807) is 6.07 Å². The summed E-state index contributed by atoms with van der Waals surface area (Å²) in [5.74, 6) is -0.331. The number of carbonyl (C=O) groups excluding carboxylic acids is 1. The molecule has 24 heavy (non-hydrogen) atoms. The average Bonchev–Trinajstić information content (AvgIpc) is 2.61. The van der Waals surface area contributed by atoms with Crippen molar-refractivity contribution < 1.29 is 4.79 Å². The molecule has 2 N–H and O–H groups in total. The number of aromatic amines is 1. The van der Waals surface area contributed by atoms with E-state index < -0.39 is 0 Å². The Labute approximate surface area is 142 Å². The molecule has 0 unspecified atom stereocenters. The highest BCUT2D eigenvalue weighted by atomic mass is 16.2. The van der Waals surface area contributed by atoms with Gasteiger partial charge in [0.15, 0.2) is 0 Å². The van der Waals surface area contributed by atoms with Gasteiger partial charge < -0.3 is 10.3 Å². The largest absolute Gasteiger partial charge is 0.350 e. The minimum absolute atomic E-state index is 0.149. The molecule has 2 aromatic rings. The number of rotatable bonds is 8. The Morgan fingerprint density at radius 1 is 1.12 bits per heavy atom. The lowest BCUT2D eigenvalue weighted by Gasteiger charge is -2.30. The van der Waals surface area contributed by atoms with Gasteiger partial charge in [-0.3, -0.25) is 14.5 Å². The van der Waals surface area contributed by atoms with Crippen LogP contribution in [0.3, 0.4) is 0 Å². The predicted octanol–water partition coefficient (Wildman–Crippen LogP) is 2.06. The van der Waals surface area contributed by atoms with Crippen LogP contribution in [0.1, 0.15) is 29.8 Å². The maximum Gasteiger partial charge on any atom is 0.260 e. The fourth-order valence-corrected chi connectivity index (χ4v) is 2.86. The van der Waals surface area contributed by atoms with Crippen LogP contribution in [-0.4, -0.2) is 41.5 Å². The predicted molar refractivity (Wildman–Crippen MR) is 96.3 cm³/mol. The topological polar surface area (TPSA) is 65.2 Å². The molecule has 0 saturated carbocycles. The molecule has 0 fully saturated rings. The average molecular weight is 327 g/mol. The molecule has 0 radical (unpaired) electrons. The number of likely N-dealkylation sites (N-methyl/N-ethyl adjacent to an activating group) is 1. The molecule has 128 valence electrons. The van der Waals surface area contributed by atoms with Crippen molar-refractivity contribution in [3.63, 3.8) is 0 Å². The highest BCUT2D eigenvalue weighted by Crippen LogP contribution is 2.09. The summed E-state index contributed by atoms with van der Waals surface area (Å²) in [6.45, 7) is 6.56. The normalized spacial score (nSPS) is 12.1. The number of amides is 1. The second kappa shape index (κ2) is 9.03. The Morgan fingerprint density at radius 2 is 1.83 bits per heavy atom. The third-order valence-electron chi connectivity index (χ3n) is 4.20. The lowest BCUT2D eigenvalue weighted by atomic mass is 10.0. The maximum absolute atomic E-state index is 12.3. The number of H-pyrrole nitrogens is 1. The molecular weight excluding hydrogens is 302 g/mol. The second-order valence-electron chi connectivity index (χ2n) is 5.69. The van der Waals surface area contributed by atoms with Gasteiger partial charge in [0.05, 0.1) is 0 Å². The molecule has 1 amide bonds. The van der Waals surface area contributed by atoms with E-state index in [4.69, 9.17) is 0 Å². The van der Waals surface area contributed by atoms with E-state index in [9.17, 15) is 9.59 Å². The number of aromatic nitrogens is 1. The summed E-state index contributed by atoms with van der Waals surface area (Å²) in [5, 5.41) is 2.91. The molecule has 5 nitrogen and oxygen atoms in total. The van der Waals surface area contributed by atoms with Crippen molar-refractivity contribution >= 4 is 5.91 Å². The summed E-state index contributed by atoms with van der Waals surface area (Å²) < 4.78 is 0. The smallest absolute Gasteiger partial charge is 0.260 e. The van der Waals surface area contributed by atoms with Gasteiger partial charge in [0.1, 0.15) is 5.56 Å². The second-order valence-corrected chi connectivity index (χ2v) is 5.69. The van der Waals surface area contributed by atoms with Crippen molar-refractivity contribution in [2.75, 3.05) is 19.6 Å². The van der Waals surface area contributed by atoms with Crippen LogP contribution in [0.4, 0.5) is 0 Å². The van der Waals surface area contributed by atoms with E-state index in [-0.39, 0.29) is 23.1 Å². The number of hydrogen-bond acceptors (Lipinski definition) is 3. The molecule has 0 spiro atoms. The quantitative estimate of drug-likeness (QED) is 0.780. The van der Waals surface area contributed by atoms with Gasteiger partial charge in [-0.2, -0.15) is 0 Å². The number of nitrogens with one attached hydrogen (secondary N) is 2. The Balaban J connectivity index is 2.06. The fourth-order valence-electron chi connectivity index (χ4n) is 2.86. The van der Waals surface area contributed by atoms with Gasteiger partial charge in [0.2, 0.25) is 0 Å². The minimum Gasteiger partial charge on any atom is -0.350 e. The lowest BCUT2D eigenvalue weighted by Crippen LogP contribution is -2.45. The Kier molecular flexibility index (Phi) is 6.75. The molecule has 2 rings (SSSR count). The standard InChI is InChI=1S/C19H25N3O2/c1-3-22(4-2)16(13-15-9-6-5-7-10-15)14-21-19(24)17-11-8-12-20-18(17)23/h5-12,16H,3-4,13-14H2,1-2H3,(H,20,23)(H,21,24)/t16-/m1/s1. The van der Waals surface area contributed by atoms with Crippen LogP contribution in [0.5, 0.6) is 0 Å². The molecule has 1 aromatic heterocycles. The van der Waals surface area contributed by atoms with E-state index in [1.807, 2.05) is 18.2 Å². The number of benzene rings is 1. The third kappa shape index (κ3) is 4.80. The molecule has 1 atom stereocenters. The summed E-state index contributed by atoms with van der Waals surface area (Å²) in [7, 11) is 0. The van der Waals surface area contributed by atoms with Gasteiger partial charge in [-0.15, -0.1) is 0 Å². The Hall–Kier alpha value is -2.40. The van der Waals surface area contributed by atoms with E-state index >= 15 is 0 Å². The summed E-state index contributed by atoms with van der Waals surface area (Å²) in [6, 6.07) is 13.6. The van der Waals surface area contributed by atoms with Gasteiger partial charge in [0, 0.05) is 18.8 Å². The number of nitrogens with zero attached hydrogens (tertiary/aromatic N) is 1. The summed E-state index contributed by atoms with van der Waals surface area (Å²) >= 11 is 0. The van der Waals surface area contributed by atoms with Crippen molar-refractivity contribution in [3.05, 3.63) is 70.1 Å². The molecule has 0 saturated heterocycles. The fraction of sp³-hybridized carbons (Fsp3) is 0.368. The summed E-state index contributed by atoms with van der Waals surface area (Å²) in [6.07, 6.45) is 2.38.